The summed E-state index contributed by atoms with van der Waals surface area (Å²) in [5, 5.41) is 22.9. The number of anilines is 1. The van der Waals surface area contributed by atoms with Gasteiger partial charge in [-0.05, 0) is 148 Å². The number of rotatable bonds is 17. The first-order valence-electron chi connectivity index (χ1n) is 24.6. The lowest BCUT2D eigenvalue weighted by atomic mass is 9.81. The van der Waals surface area contributed by atoms with Crippen molar-refractivity contribution in [2.45, 2.75) is 59.3 Å². The number of hydrogen-bond acceptors (Lipinski definition) is 19. The zero-order valence-electron chi connectivity index (χ0n) is 48.5. The molecule has 0 radical (unpaired) electrons. The molecule has 2 aliphatic rings. The second-order valence-electron chi connectivity index (χ2n) is 16.2. The zero-order chi connectivity index (χ0) is 66.4. The highest BCUT2D eigenvalue weighted by molar-refractivity contribution is 6.06. The van der Waals surface area contributed by atoms with E-state index in [0.717, 1.165) is 22.8 Å². The number of terminal acetylenes is 1. The fraction of sp³-hybridized carbons (Fsp3) is 0.191. The first kappa shape index (κ1) is 76.1. The van der Waals surface area contributed by atoms with Gasteiger partial charge in [0.05, 0.1) is 17.2 Å². The second-order valence-corrected chi connectivity index (χ2v) is 17.1. The number of benzene rings is 2. The van der Waals surface area contributed by atoms with E-state index >= 15 is 0 Å². The number of hydrogen-bond donors (Lipinski definition) is 1. The lowest BCUT2D eigenvalue weighted by Gasteiger charge is -2.26. The highest BCUT2D eigenvalue weighted by Gasteiger charge is 2.44. The average molecular weight is 1280 g/mol. The van der Waals surface area contributed by atoms with Crippen LogP contribution in [0.25, 0.3) is 0 Å². The van der Waals surface area contributed by atoms with E-state index in [-0.39, 0.29) is 49.9 Å². The van der Waals surface area contributed by atoms with Gasteiger partial charge in [0.1, 0.15) is 18.5 Å². The van der Waals surface area contributed by atoms with E-state index < -0.39 is 10.2 Å². The van der Waals surface area contributed by atoms with Crippen LogP contribution in [0, 0.1) is 218 Å². The molecule has 2 aliphatic heterocycles. The van der Waals surface area contributed by atoms with Crippen LogP contribution in [0.1, 0.15) is 86.7 Å². The zero-order valence-corrected chi connectivity index (χ0v) is 50.1. The largest absolute Gasteiger partial charge is 0.464 e. The summed E-state index contributed by atoms with van der Waals surface area (Å²) in [7, 11) is -4.94. The molecule has 484 valence electrons. The van der Waals surface area contributed by atoms with Crippen LogP contribution in [-0.2, 0) is 69.6 Å². The van der Waals surface area contributed by atoms with Crippen LogP contribution >= 0.6 is 11.9 Å². The summed E-state index contributed by atoms with van der Waals surface area (Å²) in [6.07, 6.45) is 15.4. The molecule has 0 unspecified atom stereocenters. The van der Waals surface area contributed by atoms with Crippen LogP contribution in [0.4, 0.5) is 11.4 Å². The summed E-state index contributed by atoms with van der Waals surface area (Å²) < 4.78 is 50.1. The maximum Gasteiger partial charge on any atom is 0.302 e. The molecule has 2 heterocycles. The van der Waals surface area contributed by atoms with Crippen molar-refractivity contribution < 1.29 is 119 Å². The lowest BCUT2D eigenvalue weighted by molar-refractivity contribution is -2.00. The van der Waals surface area contributed by atoms with Gasteiger partial charge in [0, 0.05) is 185 Å². The molecule has 22 heteroatoms. The Morgan fingerprint density at radius 2 is 0.989 bits per heavy atom. The van der Waals surface area contributed by atoms with Crippen molar-refractivity contribution in [3.63, 3.8) is 0 Å². The molecule has 0 fully saturated rings. The van der Waals surface area contributed by atoms with E-state index in [4.69, 9.17) is 40.1 Å². The molecule has 0 amide bonds. The number of carbonyl (C=O) groups is 2. The number of nitrogens with one attached hydrogen (secondary N) is 1. The van der Waals surface area contributed by atoms with Crippen LogP contribution in [0.3, 0.4) is 0 Å². The first-order valence-corrected chi connectivity index (χ1v) is 26.2. The number of carbonyl (C=O) groups excluding carboxylic acids is 2. The number of esters is 2. The summed E-state index contributed by atoms with van der Waals surface area (Å²) >= 11 is 4.44. The Labute approximate surface area is 557 Å². The topological polar surface area (TPSA) is 261 Å². The summed E-state index contributed by atoms with van der Waals surface area (Å²) in [6, 6.07) is 16.8. The Kier molecular flexibility index (Phi) is 40.1. The Morgan fingerprint density at radius 1 is 0.589 bits per heavy atom. The van der Waals surface area contributed by atoms with E-state index in [1.165, 1.54) is 25.0 Å². The molecular weight excluding hydrogens is 1200 g/mol. The fourth-order valence-electron chi connectivity index (χ4n) is 6.77. The molecule has 2 aromatic rings. The Bertz CT molecular complexity index is 4250. The van der Waals surface area contributed by atoms with Crippen LogP contribution in [0.5, 0.6) is 0 Å². The van der Waals surface area contributed by atoms with Gasteiger partial charge in [-0.2, -0.15) is 15.1 Å². The number of allylic oxidation sites excluding steroid dienone is 6. The maximum atomic E-state index is 11.4. The van der Waals surface area contributed by atoms with E-state index in [1.807, 2.05) is 18.2 Å². The number of para-hydroxylation sites is 2. The Morgan fingerprint density at radius 3 is 1.42 bits per heavy atom. The molecule has 0 spiro atoms. The molecule has 20 nitrogen and oxygen atoms in total. The van der Waals surface area contributed by atoms with Gasteiger partial charge in [0.25, 0.3) is 0 Å². The van der Waals surface area contributed by atoms with Crippen molar-refractivity contribution in [3.8, 4) is 202 Å². The molecule has 0 atom stereocenters. The van der Waals surface area contributed by atoms with Gasteiger partial charge in [0.15, 0.2) is 18.9 Å². The maximum absolute atomic E-state index is 11.4. The molecule has 0 aromatic heterocycles. The van der Waals surface area contributed by atoms with E-state index in [9.17, 15) is 9.59 Å². The SMILES string of the molecule is C#CC#CC#CC#CC#CC#CC#CC#CC#CC#CC#CC#CC#CC#CC#CC#CC#CC.CC(=O)OCCN1/C(=C/C=C/C=C/C2=[N+](CCOC(C)=O)c3ccccc3C2(C)C)C(C)(C)c2ccccc21.N=NOOOOOOOOCl.[HH].[HH].[HH].[HH].[HH].[HH].[HH].[HH].[HH].[HH].[HH].[HH].[HH].[HH].[HH].[HH].[HH].[HH].[HH].[O-][Cl+3]([O-])([O-])[O-]. The number of nitrogens with zero attached hydrogens (tertiary/aromatic N) is 3. The third-order valence-corrected chi connectivity index (χ3v) is 9.93. The Balaban J connectivity index is -0.0000000635. The molecule has 4 rings (SSSR count). The minimum absolute atomic E-state index is 0. The smallest absolute Gasteiger partial charge is 0.302 e. The van der Waals surface area contributed by atoms with Gasteiger partial charge in [-0.1, -0.05) is 78.8 Å². The van der Waals surface area contributed by atoms with Crippen molar-refractivity contribution >= 4 is 40.9 Å². The van der Waals surface area contributed by atoms with Gasteiger partial charge < -0.3 is 14.4 Å². The number of fused-ring (bicyclic) bond motifs is 2. The normalized spacial score (nSPS) is 11.2. The highest BCUT2D eigenvalue weighted by atomic mass is 35.7. The van der Waals surface area contributed by atoms with Crippen LogP contribution in [0.15, 0.2) is 89.9 Å². The van der Waals surface area contributed by atoms with Crippen molar-refractivity contribution in [2.24, 2.45) is 5.28 Å². The summed E-state index contributed by atoms with van der Waals surface area (Å²) in [6.45, 7) is 15.3. The highest BCUT2D eigenvalue weighted by Crippen LogP contribution is 2.47. The third kappa shape index (κ3) is 35.4. The summed E-state index contributed by atoms with van der Waals surface area (Å²) in [5.41, 5.74) is 12.7. The van der Waals surface area contributed by atoms with Gasteiger partial charge in [-0.25, -0.2) is 18.6 Å². The monoisotopic (exact) mass is 1280 g/mol. The fourth-order valence-corrected chi connectivity index (χ4v) is 6.79. The molecule has 2 aromatic carbocycles. The van der Waals surface area contributed by atoms with Crippen molar-refractivity contribution in [2.75, 3.05) is 31.2 Å². The van der Waals surface area contributed by atoms with Gasteiger partial charge >= 0.3 is 11.9 Å². The molecule has 1 N–H and O–H groups in total. The molecule has 0 saturated carbocycles. The summed E-state index contributed by atoms with van der Waals surface area (Å²) in [5.74, 6) is 81.3. The van der Waals surface area contributed by atoms with Gasteiger partial charge in [-0.15, -0.1) is 16.7 Å². The number of ether oxygens (including phenoxy) is 2. The van der Waals surface area contributed by atoms with E-state index in [1.54, 1.807) is 6.92 Å². The predicted molar refractivity (Wildman–Crippen MR) is 354 cm³/mol. The lowest BCUT2D eigenvalue weighted by Crippen LogP contribution is -2.68. The van der Waals surface area contributed by atoms with Crippen molar-refractivity contribution in [1.29, 1.82) is 5.53 Å². The van der Waals surface area contributed by atoms with Crippen LogP contribution < -0.4 is 23.5 Å². The standard InChI is InChI=1S/C35H4.C33H39N2O4.ClHN2O8.ClHO4.19H2/c1-3-5-7-9-11-13-15-17-19-21-23-25-27-29-31-33-35-34-32-30-28-26-24-22-20-18-16-14-12-10-8-6-4-2;1-24(36)38-22-20-34-28-16-12-10-14-26(28)32(3,4)30(34)18-8-7-9-19-31-33(5,6)27-15-11-13-17-29(27)35(31)21-23-39-25(2)37;1-4-6-8-10-11-9-7-5-3-2;2-1(3,4)5;;;;;;;;;;;;;;;;;;;/h1H,2H3;7-19H,20-23H2,1-6H3;2H;(H,2,3,4,5);19*1H/q;+1;;;;;;;;;;;;;;;;;;;;;/p-1. The first-order chi connectivity index (χ1) is 43.4. The van der Waals surface area contributed by atoms with E-state index in [0.29, 0.717) is 26.3 Å². The summed E-state index contributed by atoms with van der Waals surface area (Å²) in [4.78, 5) is 28.4. The molecular formula is C68H82Cl2N4O16. The predicted octanol–water partition coefficient (Wildman–Crippen LogP) is 7.22. The minimum atomic E-state index is -4.94. The quantitative estimate of drug-likeness (QED) is 0.0239. The van der Waals surface area contributed by atoms with E-state index in [2.05, 4.69) is 350 Å². The van der Waals surface area contributed by atoms with Crippen molar-refractivity contribution in [3.05, 3.63) is 95.7 Å². The third-order valence-electron chi connectivity index (χ3n) is 9.87. The van der Waals surface area contributed by atoms with Gasteiger partial charge in [0.2, 0.25) is 5.69 Å². The molecule has 0 aliphatic carbocycles. The van der Waals surface area contributed by atoms with Crippen LogP contribution in [0.2, 0.25) is 0 Å². The number of halogens is 2. The van der Waals surface area contributed by atoms with Gasteiger partial charge in [-0.3, -0.25) is 9.59 Å². The van der Waals surface area contributed by atoms with Crippen molar-refractivity contribution in [1.82, 2.24) is 0 Å². The Hall–Kier alpha value is -11.9. The van der Waals surface area contributed by atoms with Crippen LogP contribution in [-0.4, -0.2) is 48.5 Å². The minimum Gasteiger partial charge on any atom is -0.464 e. The molecule has 0 bridgehead atoms. The molecule has 0 saturated heterocycles. The second kappa shape index (κ2) is 47.4. The molecule has 90 heavy (non-hydrogen) atoms. The average Bonchev–Trinajstić information content (AvgIpc) is 1.61.